The molecule has 2 aromatic rings. The molecule has 0 spiro atoms. The van der Waals surface area contributed by atoms with Gasteiger partial charge in [-0.1, -0.05) is 27.5 Å². The lowest BCUT2D eigenvalue weighted by molar-refractivity contribution is -0.384. The Labute approximate surface area is 141 Å². The molecule has 2 aromatic carbocycles. The van der Waals surface area contributed by atoms with Gasteiger partial charge in [0, 0.05) is 20.7 Å². The fourth-order valence-electron chi connectivity index (χ4n) is 1.60. The lowest BCUT2D eigenvalue weighted by atomic mass is 10.2. The summed E-state index contributed by atoms with van der Waals surface area (Å²) in [5.74, 6) is -0.383. The predicted octanol–water partition coefficient (Wildman–Crippen LogP) is 5.03. The number of nitrogens with zero attached hydrogens (tertiary/aromatic N) is 1. The first-order valence-corrected chi connectivity index (χ1v) is 7.55. The monoisotopic (exact) mass is 432 g/mol. The fraction of sp³-hybridized carbons (Fsp3) is 0. The Hall–Kier alpha value is -1.44. The van der Waals surface area contributed by atoms with Crippen LogP contribution in [0.15, 0.2) is 45.3 Å². The van der Waals surface area contributed by atoms with Crippen LogP contribution in [0.1, 0.15) is 10.4 Å². The quantitative estimate of drug-likeness (QED) is 0.544. The van der Waals surface area contributed by atoms with Crippen LogP contribution in [-0.4, -0.2) is 10.8 Å². The second-order valence-corrected chi connectivity index (χ2v) is 6.18. The second-order valence-electron chi connectivity index (χ2n) is 4.00. The van der Waals surface area contributed by atoms with Gasteiger partial charge in [0.1, 0.15) is 5.02 Å². The highest BCUT2D eigenvalue weighted by molar-refractivity contribution is 9.11. The van der Waals surface area contributed by atoms with E-state index in [1.165, 1.54) is 18.2 Å². The van der Waals surface area contributed by atoms with Crippen molar-refractivity contribution in [2.75, 3.05) is 5.32 Å². The molecule has 0 saturated carbocycles. The molecule has 0 heterocycles. The van der Waals surface area contributed by atoms with Gasteiger partial charge in [-0.15, -0.1) is 0 Å². The molecule has 1 N–H and O–H groups in total. The Balaban J connectivity index is 2.27. The van der Waals surface area contributed by atoms with Crippen LogP contribution in [0.25, 0.3) is 0 Å². The molecule has 0 aromatic heterocycles. The smallest absolute Gasteiger partial charge is 0.289 e. The summed E-state index contributed by atoms with van der Waals surface area (Å²) < 4.78 is 1.44. The molecule has 0 unspecified atom stereocenters. The van der Waals surface area contributed by atoms with Gasteiger partial charge in [0.25, 0.3) is 11.6 Å². The van der Waals surface area contributed by atoms with Crippen molar-refractivity contribution in [1.82, 2.24) is 0 Å². The van der Waals surface area contributed by atoms with E-state index in [4.69, 9.17) is 11.6 Å². The van der Waals surface area contributed by atoms with Crippen LogP contribution in [0.4, 0.5) is 11.4 Å². The highest BCUT2D eigenvalue weighted by atomic mass is 79.9. The molecule has 2 rings (SSSR count). The van der Waals surface area contributed by atoms with E-state index in [-0.39, 0.29) is 16.6 Å². The second kappa shape index (κ2) is 6.55. The minimum absolute atomic E-state index is 0.0165. The SMILES string of the molecule is O=C(Nc1ccc(Cl)c([N+](=O)[O-])c1)c1ccc(Br)cc1Br. The standard InChI is InChI=1S/C13H7Br2ClN2O3/c14-7-1-3-9(10(15)5-7)13(19)17-8-2-4-11(16)12(6-8)18(20)21/h1-6H,(H,17,19). The molecule has 0 fully saturated rings. The molecule has 0 aliphatic heterocycles. The van der Waals surface area contributed by atoms with E-state index >= 15 is 0 Å². The lowest BCUT2D eigenvalue weighted by Gasteiger charge is -2.07. The molecule has 1 amide bonds. The number of carbonyl (C=O) groups excluding carboxylic acids is 1. The molecular formula is C13H7Br2ClN2O3. The van der Waals surface area contributed by atoms with Crippen LogP contribution in [0.5, 0.6) is 0 Å². The van der Waals surface area contributed by atoms with Gasteiger partial charge in [0.15, 0.2) is 0 Å². The summed E-state index contributed by atoms with van der Waals surface area (Å²) in [6.45, 7) is 0. The molecular weight excluding hydrogens is 427 g/mol. The van der Waals surface area contributed by atoms with E-state index in [0.29, 0.717) is 15.7 Å². The summed E-state index contributed by atoms with van der Waals surface area (Å²) in [7, 11) is 0. The van der Waals surface area contributed by atoms with Gasteiger partial charge in [0.2, 0.25) is 0 Å². The van der Waals surface area contributed by atoms with Crippen molar-refractivity contribution >= 4 is 60.7 Å². The Morgan fingerprint density at radius 1 is 1.19 bits per heavy atom. The van der Waals surface area contributed by atoms with E-state index in [9.17, 15) is 14.9 Å². The topological polar surface area (TPSA) is 72.2 Å². The van der Waals surface area contributed by atoms with Crippen LogP contribution in [0.3, 0.4) is 0 Å². The molecule has 108 valence electrons. The Morgan fingerprint density at radius 3 is 2.52 bits per heavy atom. The number of nitro groups is 1. The molecule has 0 aliphatic carbocycles. The third-order valence-corrected chi connectivity index (χ3v) is 4.05. The predicted molar refractivity (Wildman–Crippen MR) is 87.9 cm³/mol. The maximum atomic E-state index is 12.2. The van der Waals surface area contributed by atoms with Crippen molar-refractivity contribution < 1.29 is 9.72 Å². The summed E-state index contributed by atoms with van der Waals surface area (Å²) in [5, 5.41) is 13.4. The average molecular weight is 434 g/mol. The van der Waals surface area contributed by atoms with E-state index in [2.05, 4.69) is 37.2 Å². The number of benzene rings is 2. The first kappa shape index (κ1) is 15.9. The Morgan fingerprint density at radius 2 is 1.90 bits per heavy atom. The summed E-state index contributed by atoms with van der Waals surface area (Å²) in [6, 6.07) is 9.18. The van der Waals surface area contributed by atoms with Gasteiger partial charge in [0.05, 0.1) is 10.5 Å². The zero-order valence-corrected chi connectivity index (χ0v) is 14.2. The molecule has 0 aliphatic rings. The van der Waals surface area contributed by atoms with Gasteiger partial charge in [-0.3, -0.25) is 14.9 Å². The zero-order chi connectivity index (χ0) is 15.6. The number of amides is 1. The first-order chi connectivity index (χ1) is 9.88. The Bertz CT molecular complexity index is 737. The number of nitrogens with one attached hydrogen (secondary N) is 1. The number of anilines is 1. The number of hydrogen-bond donors (Lipinski definition) is 1. The van der Waals surface area contributed by atoms with Crippen molar-refractivity contribution in [3.8, 4) is 0 Å². The lowest BCUT2D eigenvalue weighted by Crippen LogP contribution is -2.12. The van der Waals surface area contributed by atoms with Crippen molar-refractivity contribution in [1.29, 1.82) is 0 Å². The summed E-state index contributed by atoms with van der Waals surface area (Å²) in [5.41, 5.74) is 0.450. The zero-order valence-electron chi connectivity index (χ0n) is 10.3. The van der Waals surface area contributed by atoms with Gasteiger partial charge >= 0.3 is 0 Å². The van der Waals surface area contributed by atoms with Crippen molar-refractivity contribution in [2.24, 2.45) is 0 Å². The van der Waals surface area contributed by atoms with Gasteiger partial charge in [-0.2, -0.15) is 0 Å². The molecule has 0 radical (unpaired) electrons. The van der Waals surface area contributed by atoms with Crippen LogP contribution in [0, 0.1) is 10.1 Å². The number of halogens is 3. The van der Waals surface area contributed by atoms with Gasteiger partial charge in [-0.25, -0.2) is 0 Å². The van der Waals surface area contributed by atoms with Crippen molar-refractivity contribution in [2.45, 2.75) is 0 Å². The Kier molecular flexibility index (Phi) is 4.97. The summed E-state index contributed by atoms with van der Waals surface area (Å²) in [6.07, 6.45) is 0. The number of rotatable bonds is 3. The number of nitro benzene ring substituents is 1. The van der Waals surface area contributed by atoms with Gasteiger partial charge in [-0.05, 0) is 46.3 Å². The van der Waals surface area contributed by atoms with E-state index in [1.54, 1.807) is 18.2 Å². The molecule has 21 heavy (non-hydrogen) atoms. The van der Waals surface area contributed by atoms with Crippen LogP contribution < -0.4 is 5.32 Å². The molecule has 0 bridgehead atoms. The van der Waals surface area contributed by atoms with E-state index < -0.39 is 4.92 Å². The third-order valence-electron chi connectivity index (χ3n) is 2.58. The van der Waals surface area contributed by atoms with Crippen LogP contribution in [0.2, 0.25) is 5.02 Å². The van der Waals surface area contributed by atoms with Crippen LogP contribution in [-0.2, 0) is 0 Å². The molecule has 8 heteroatoms. The van der Waals surface area contributed by atoms with E-state index in [1.807, 2.05) is 0 Å². The first-order valence-electron chi connectivity index (χ1n) is 5.59. The van der Waals surface area contributed by atoms with Crippen LogP contribution >= 0.6 is 43.5 Å². The highest BCUT2D eigenvalue weighted by Gasteiger charge is 2.15. The maximum Gasteiger partial charge on any atom is 0.289 e. The maximum absolute atomic E-state index is 12.2. The average Bonchev–Trinajstić information content (AvgIpc) is 2.40. The number of hydrogen-bond acceptors (Lipinski definition) is 3. The minimum Gasteiger partial charge on any atom is -0.322 e. The molecule has 0 saturated heterocycles. The third kappa shape index (κ3) is 3.81. The largest absolute Gasteiger partial charge is 0.322 e. The summed E-state index contributed by atoms with van der Waals surface area (Å²) >= 11 is 12.3. The van der Waals surface area contributed by atoms with E-state index in [0.717, 1.165) is 4.47 Å². The normalized spacial score (nSPS) is 10.2. The molecule has 0 atom stereocenters. The minimum atomic E-state index is -0.604. The van der Waals surface area contributed by atoms with Gasteiger partial charge < -0.3 is 5.32 Å². The molecule has 5 nitrogen and oxygen atoms in total. The highest BCUT2D eigenvalue weighted by Crippen LogP contribution is 2.28. The fourth-order valence-corrected chi connectivity index (χ4v) is 3.02. The van der Waals surface area contributed by atoms with Crippen molar-refractivity contribution in [3.63, 3.8) is 0 Å². The number of carbonyl (C=O) groups is 1. The van der Waals surface area contributed by atoms with Crippen molar-refractivity contribution in [3.05, 3.63) is 66.0 Å². The summed E-state index contributed by atoms with van der Waals surface area (Å²) in [4.78, 5) is 22.4.